The second-order valence-electron chi connectivity index (χ2n) is 3.65. The third kappa shape index (κ3) is 1.77. The third-order valence-electron chi connectivity index (χ3n) is 2.80. The van der Waals surface area contributed by atoms with Gasteiger partial charge in [0.25, 0.3) is 5.91 Å². The van der Waals surface area contributed by atoms with Crippen LogP contribution in [0.25, 0.3) is 0 Å². The van der Waals surface area contributed by atoms with Gasteiger partial charge in [0.1, 0.15) is 11.4 Å². The second kappa shape index (κ2) is 4.28. The lowest BCUT2D eigenvalue weighted by Gasteiger charge is -2.28. The lowest BCUT2D eigenvalue weighted by Crippen LogP contribution is -2.47. The van der Waals surface area contributed by atoms with Gasteiger partial charge in [-0.15, -0.1) is 12.4 Å². The number of hydrogen-bond acceptors (Lipinski definition) is 3. The summed E-state index contributed by atoms with van der Waals surface area (Å²) in [6.07, 6.45) is 2.49. The van der Waals surface area contributed by atoms with Gasteiger partial charge in [-0.3, -0.25) is 9.79 Å². The van der Waals surface area contributed by atoms with Crippen molar-refractivity contribution in [3.8, 4) is 0 Å². The lowest BCUT2D eigenvalue weighted by atomic mass is 9.89. The fourth-order valence-corrected chi connectivity index (χ4v) is 1.93. The molecule has 0 aromatic carbocycles. The average Bonchev–Trinajstić information content (AvgIpc) is 2.45. The van der Waals surface area contributed by atoms with Crippen molar-refractivity contribution in [2.24, 2.45) is 4.99 Å². The molecule has 0 aliphatic carbocycles. The first-order chi connectivity index (χ1) is 6.27. The van der Waals surface area contributed by atoms with E-state index in [1.807, 2.05) is 6.92 Å². The molecule has 1 spiro atoms. The Hall–Kier alpha value is -0.610. The number of aliphatic imine (C=N–C) groups is 1. The van der Waals surface area contributed by atoms with Crippen molar-refractivity contribution in [3.05, 3.63) is 0 Å². The molecule has 5 heteroatoms. The highest BCUT2D eigenvalue weighted by Gasteiger charge is 2.43. The summed E-state index contributed by atoms with van der Waals surface area (Å²) in [6, 6.07) is 0. The van der Waals surface area contributed by atoms with Crippen LogP contribution in [0.5, 0.6) is 0 Å². The van der Waals surface area contributed by atoms with Gasteiger partial charge in [-0.05, 0) is 25.9 Å². The van der Waals surface area contributed by atoms with Crippen LogP contribution < -0.4 is 10.6 Å². The van der Waals surface area contributed by atoms with E-state index in [0.717, 1.165) is 38.2 Å². The predicted molar refractivity (Wildman–Crippen MR) is 58.0 cm³/mol. The number of rotatable bonds is 1. The maximum Gasteiger partial charge on any atom is 0.253 e. The van der Waals surface area contributed by atoms with Crippen LogP contribution in [0.4, 0.5) is 0 Å². The van der Waals surface area contributed by atoms with Crippen LogP contribution in [0, 0.1) is 0 Å². The number of nitrogens with zero attached hydrogens (tertiary/aromatic N) is 1. The predicted octanol–water partition coefficient (Wildman–Crippen LogP) is 0.469. The smallest absolute Gasteiger partial charge is 0.253 e. The van der Waals surface area contributed by atoms with Crippen LogP contribution in [0.1, 0.15) is 26.2 Å². The molecular weight excluding hydrogens is 202 g/mol. The van der Waals surface area contributed by atoms with Gasteiger partial charge >= 0.3 is 0 Å². The van der Waals surface area contributed by atoms with Crippen molar-refractivity contribution < 1.29 is 4.79 Å². The fourth-order valence-electron chi connectivity index (χ4n) is 1.93. The lowest BCUT2D eigenvalue weighted by molar-refractivity contribution is -0.124. The molecule has 80 valence electrons. The standard InChI is InChI=1S/C9H15N3O.ClH/c1-2-7-11-8(13)9(12-7)3-5-10-6-4-9;/h10H,2-6H2,1H3,(H,11,12,13);1H. The Morgan fingerprint density at radius 3 is 2.57 bits per heavy atom. The SMILES string of the molecule is CCC1=NC2(CCNCC2)C(=O)N1.Cl. The molecule has 0 bridgehead atoms. The number of piperidine rings is 1. The molecular formula is C9H16ClN3O. The second-order valence-corrected chi connectivity index (χ2v) is 3.65. The average molecular weight is 218 g/mol. The minimum atomic E-state index is -0.420. The number of halogens is 1. The molecule has 2 aliphatic rings. The molecule has 0 aromatic rings. The van der Waals surface area contributed by atoms with Gasteiger partial charge in [0.05, 0.1) is 0 Å². The van der Waals surface area contributed by atoms with Gasteiger partial charge in [0.2, 0.25) is 0 Å². The van der Waals surface area contributed by atoms with E-state index in [4.69, 9.17) is 0 Å². The van der Waals surface area contributed by atoms with Crippen molar-refractivity contribution >= 4 is 24.1 Å². The number of amides is 1. The molecule has 2 heterocycles. The first-order valence-corrected chi connectivity index (χ1v) is 4.88. The van der Waals surface area contributed by atoms with Gasteiger partial charge in [-0.2, -0.15) is 0 Å². The van der Waals surface area contributed by atoms with Crippen LogP contribution in [0.2, 0.25) is 0 Å². The van der Waals surface area contributed by atoms with Crippen LogP contribution in [-0.2, 0) is 4.79 Å². The molecule has 4 nitrogen and oxygen atoms in total. The molecule has 1 saturated heterocycles. The molecule has 0 aromatic heterocycles. The Balaban J connectivity index is 0.000000980. The minimum absolute atomic E-state index is 0. The summed E-state index contributed by atoms with van der Waals surface area (Å²) in [5, 5.41) is 6.09. The van der Waals surface area contributed by atoms with Crippen molar-refractivity contribution in [3.63, 3.8) is 0 Å². The molecule has 0 atom stereocenters. The topological polar surface area (TPSA) is 53.5 Å². The molecule has 14 heavy (non-hydrogen) atoms. The van der Waals surface area contributed by atoms with Gasteiger partial charge in [0.15, 0.2) is 0 Å². The summed E-state index contributed by atoms with van der Waals surface area (Å²) in [4.78, 5) is 16.2. The van der Waals surface area contributed by atoms with Crippen molar-refractivity contribution in [1.82, 2.24) is 10.6 Å². The summed E-state index contributed by atoms with van der Waals surface area (Å²) in [7, 11) is 0. The van der Waals surface area contributed by atoms with E-state index < -0.39 is 5.54 Å². The largest absolute Gasteiger partial charge is 0.317 e. The van der Waals surface area contributed by atoms with Gasteiger partial charge in [-0.1, -0.05) is 6.92 Å². The van der Waals surface area contributed by atoms with Gasteiger partial charge < -0.3 is 10.6 Å². The van der Waals surface area contributed by atoms with E-state index in [0.29, 0.717) is 0 Å². The van der Waals surface area contributed by atoms with Crippen LogP contribution in [-0.4, -0.2) is 30.4 Å². The summed E-state index contributed by atoms with van der Waals surface area (Å²) in [5.74, 6) is 0.956. The first kappa shape index (κ1) is 11.5. The Bertz CT molecular complexity index is 259. The molecule has 1 amide bonds. The summed E-state index contributed by atoms with van der Waals surface area (Å²) in [6.45, 7) is 3.81. The van der Waals surface area contributed by atoms with Gasteiger partial charge in [-0.25, -0.2) is 0 Å². The maximum atomic E-state index is 11.7. The van der Waals surface area contributed by atoms with Crippen LogP contribution >= 0.6 is 12.4 Å². The number of carbonyl (C=O) groups excluding carboxylic acids is 1. The highest BCUT2D eigenvalue weighted by molar-refractivity contribution is 6.08. The van der Waals surface area contributed by atoms with Crippen molar-refractivity contribution in [2.45, 2.75) is 31.7 Å². The summed E-state index contributed by atoms with van der Waals surface area (Å²) in [5.41, 5.74) is -0.420. The Morgan fingerprint density at radius 2 is 2.07 bits per heavy atom. The molecule has 2 rings (SSSR count). The van der Waals surface area contributed by atoms with Crippen molar-refractivity contribution in [1.29, 1.82) is 0 Å². The Kier molecular flexibility index (Phi) is 3.50. The first-order valence-electron chi connectivity index (χ1n) is 4.88. The molecule has 2 aliphatic heterocycles. The molecule has 0 saturated carbocycles. The molecule has 1 fully saturated rings. The number of hydrogen-bond donors (Lipinski definition) is 2. The van der Waals surface area contributed by atoms with E-state index in [1.54, 1.807) is 0 Å². The third-order valence-corrected chi connectivity index (χ3v) is 2.80. The zero-order valence-corrected chi connectivity index (χ0v) is 9.12. The minimum Gasteiger partial charge on any atom is -0.317 e. The quantitative estimate of drug-likeness (QED) is 0.671. The highest BCUT2D eigenvalue weighted by Crippen LogP contribution is 2.27. The number of nitrogens with one attached hydrogen (secondary N) is 2. The normalized spacial score (nSPS) is 24.1. The highest BCUT2D eigenvalue weighted by atomic mass is 35.5. The Labute approximate surface area is 90.0 Å². The summed E-state index contributed by atoms with van der Waals surface area (Å²) < 4.78 is 0. The van der Waals surface area contributed by atoms with Gasteiger partial charge in [0, 0.05) is 6.42 Å². The number of carbonyl (C=O) groups is 1. The molecule has 0 unspecified atom stereocenters. The zero-order chi connectivity index (χ0) is 9.31. The van der Waals surface area contributed by atoms with Crippen LogP contribution in [0.3, 0.4) is 0 Å². The monoisotopic (exact) mass is 217 g/mol. The molecule has 0 radical (unpaired) electrons. The maximum absolute atomic E-state index is 11.7. The Morgan fingerprint density at radius 1 is 1.43 bits per heavy atom. The number of amidine groups is 1. The fraction of sp³-hybridized carbons (Fsp3) is 0.778. The van der Waals surface area contributed by atoms with E-state index >= 15 is 0 Å². The summed E-state index contributed by atoms with van der Waals surface area (Å²) >= 11 is 0. The molecule has 2 N–H and O–H groups in total. The van der Waals surface area contributed by atoms with Crippen molar-refractivity contribution in [2.75, 3.05) is 13.1 Å². The zero-order valence-electron chi connectivity index (χ0n) is 8.30. The van der Waals surface area contributed by atoms with E-state index in [9.17, 15) is 4.79 Å². The van der Waals surface area contributed by atoms with E-state index in [2.05, 4.69) is 15.6 Å². The van der Waals surface area contributed by atoms with E-state index in [1.165, 1.54) is 0 Å². The van der Waals surface area contributed by atoms with E-state index in [-0.39, 0.29) is 18.3 Å². The van der Waals surface area contributed by atoms with Crippen LogP contribution in [0.15, 0.2) is 4.99 Å².